The Morgan fingerprint density at radius 3 is 2.71 bits per heavy atom. The first-order valence-electron chi connectivity index (χ1n) is 8.28. The summed E-state index contributed by atoms with van der Waals surface area (Å²) in [5.41, 5.74) is 1.16. The Morgan fingerprint density at radius 1 is 1.11 bits per heavy atom. The van der Waals surface area contributed by atoms with E-state index in [2.05, 4.69) is 20.5 Å². The Labute approximate surface area is 167 Å². The normalized spacial score (nSPS) is 10.7. The van der Waals surface area contributed by atoms with Gasteiger partial charge in [0.1, 0.15) is 11.3 Å². The zero-order chi connectivity index (χ0) is 19.3. The molecule has 0 radical (unpaired) electrons. The summed E-state index contributed by atoms with van der Waals surface area (Å²) in [7, 11) is 0. The van der Waals surface area contributed by atoms with E-state index in [1.165, 1.54) is 41.0 Å². The fourth-order valence-corrected chi connectivity index (χ4v) is 4.13. The number of rotatable bonds is 6. The summed E-state index contributed by atoms with van der Waals surface area (Å²) >= 11 is 2.80. The minimum absolute atomic E-state index is 0.0102. The second kappa shape index (κ2) is 8.24. The van der Waals surface area contributed by atoms with Gasteiger partial charge in [-0.2, -0.15) is 0 Å². The van der Waals surface area contributed by atoms with E-state index in [4.69, 9.17) is 4.42 Å². The minimum atomic E-state index is -0.539. The van der Waals surface area contributed by atoms with Gasteiger partial charge in [-0.05, 0) is 29.8 Å². The number of pyridine rings is 1. The number of amides is 1. The molecule has 1 amide bonds. The molecule has 0 saturated heterocycles. The maximum Gasteiger partial charge on any atom is 0.263 e. The summed E-state index contributed by atoms with van der Waals surface area (Å²) in [6, 6.07) is 16.5. The third-order valence-electron chi connectivity index (χ3n) is 3.77. The van der Waals surface area contributed by atoms with E-state index in [1.807, 2.05) is 30.3 Å². The topological polar surface area (TPSA) is 101 Å². The molecule has 7 nitrogen and oxygen atoms in total. The number of aromatic amines is 1. The Morgan fingerprint density at radius 2 is 1.96 bits per heavy atom. The number of carbonyl (C=O) groups excluding carboxylic acids is 1. The molecular formula is C19H14N4O3S2. The van der Waals surface area contributed by atoms with Crippen LogP contribution in [0.4, 0.5) is 5.13 Å². The highest BCUT2D eigenvalue weighted by Gasteiger charge is 2.15. The van der Waals surface area contributed by atoms with Gasteiger partial charge in [0.25, 0.3) is 11.5 Å². The van der Waals surface area contributed by atoms with Gasteiger partial charge in [-0.1, -0.05) is 53.4 Å². The van der Waals surface area contributed by atoms with Crippen LogP contribution in [0.1, 0.15) is 15.9 Å². The number of thioether (sulfide) groups is 1. The Balaban J connectivity index is 1.41. The van der Waals surface area contributed by atoms with Gasteiger partial charge in [0.05, 0.1) is 12.0 Å². The lowest BCUT2D eigenvalue weighted by Crippen LogP contribution is -2.23. The van der Waals surface area contributed by atoms with Crippen LogP contribution in [-0.2, 0) is 5.75 Å². The predicted molar refractivity (Wildman–Crippen MR) is 109 cm³/mol. The standard InChI is InChI=1S/C19H14N4O3S2/c24-16-13(8-9-14(20-16)15-7-4-10-26-15)17(25)21-18-22-23-19(28-18)27-11-12-5-2-1-3-6-12/h1-10H,11H2,(H,20,24)(H,21,22,25). The maximum atomic E-state index is 12.4. The second-order valence-corrected chi connectivity index (χ2v) is 7.89. The van der Waals surface area contributed by atoms with Crippen LogP contribution in [0.2, 0.25) is 0 Å². The second-order valence-electron chi connectivity index (χ2n) is 5.69. The molecule has 0 aliphatic heterocycles. The van der Waals surface area contributed by atoms with Gasteiger partial charge in [-0.25, -0.2) is 0 Å². The maximum absolute atomic E-state index is 12.4. The van der Waals surface area contributed by atoms with Crippen molar-refractivity contribution in [3.63, 3.8) is 0 Å². The molecular weight excluding hydrogens is 396 g/mol. The molecule has 0 spiro atoms. The molecule has 140 valence electrons. The van der Waals surface area contributed by atoms with E-state index >= 15 is 0 Å². The van der Waals surface area contributed by atoms with Crippen molar-refractivity contribution in [2.24, 2.45) is 0 Å². The number of H-pyrrole nitrogens is 1. The van der Waals surface area contributed by atoms with Crippen molar-refractivity contribution < 1.29 is 9.21 Å². The van der Waals surface area contributed by atoms with E-state index < -0.39 is 11.5 Å². The number of hydrogen-bond acceptors (Lipinski definition) is 7. The number of aromatic nitrogens is 3. The Hall–Kier alpha value is -3.17. The lowest BCUT2D eigenvalue weighted by molar-refractivity contribution is 0.102. The van der Waals surface area contributed by atoms with Crippen LogP contribution in [-0.4, -0.2) is 21.1 Å². The summed E-state index contributed by atoms with van der Waals surface area (Å²) in [6.45, 7) is 0. The average Bonchev–Trinajstić information content (AvgIpc) is 3.39. The molecule has 0 saturated carbocycles. The summed E-state index contributed by atoms with van der Waals surface area (Å²) in [4.78, 5) is 27.3. The van der Waals surface area contributed by atoms with E-state index in [1.54, 1.807) is 18.2 Å². The van der Waals surface area contributed by atoms with Gasteiger partial charge in [0, 0.05) is 5.75 Å². The van der Waals surface area contributed by atoms with Crippen LogP contribution in [0.15, 0.2) is 74.4 Å². The fraction of sp³-hybridized carbons (Fsp3) is 0.0526. The minimum Gasteiger partial charge on any atom is -0.463 e. The van der Waals surface area contributed by atoms with Gasteiger partial charge in [-0.3, -0.25) is 14.9 Å². The highest BCUT2D eigenvalue weighted by atomic mass is 32.2. The SMILES string of the molecule is O=C(Nc1nnc(SCc2ccccc2)s1)c1ccc(-c2ccco2)[nH]c1=O. The summed E-state index contributed by atoms with van der Waals surface area (Å²) < 4.78 is 5.98. The molecule has 0 fully saturated rings. The molecule has 0 unspecified atom stereocenters. The largest absolute Gasteiger partial charge is 0.463 e. The van der Waals surface area contributed by atoms with Crippen LogP contribution in [0.3, 0.4) is 0 Å². The van der Waals surface area contributed by atoms with E-state index in [0.29, 0.717) is 16.6 Å². The number of nitrogens with zero attached hydrogens (tertiary/aromatic N) is 2. The van der Waals surface area contributed by atoms with Crippen molar-refractivity contribution in [3.05, 3.63) is 82.3 Å². The molecule has 3 heterocycles. The van der Waals surface area contributed by atoms with E-state index in [0.717, 1.165) is 10.1 Å². The number of carbonyl (C=O) groups is 1. The van der Waals surface area contributed by atoms with Crippen molar-refractivity contribution in [1.29, 1.82) is 0 Å². The first kappa shape index (κ1) is 18.2. The molecule has 28 heavy (non-hydrogen) atoms. The van der Waals surface area contributed by atoms with E-state index in [9.17, 15) is 9.59 Å². The molecule has 3 aromatic heterocycles. The van der Waals surface area contributed by atoms with Gasteiger partial charge in [0.15, 0.2) is 4.34 Å². The molecule has 2 N–H and O–H groups in total. The van der Waals surface area contributed by atoms with Gasteiger partial charge >= 0.3 is 0 Å². The number of hydrogen-bond donors (Lipinski definition) is 2. The van der Waals surface area contributed by atoms with Crippen molar-refractivity contribution >= 4 is 34.1 Å². The van der Waals surface area contributed by atoms with Crippen molar-refractivity contribution in [2.45, 2.75) is 10.1 Å². The molecule has 0 aliphatic carbocycles. The zero-order valence-corrected chi connectivity index (χ0v) is 16.0. The summed E-state index contributed by atoms with van der Waals surface area (Å²) in [5, 5.41) is 11.0. The molecule has 0 aliphatic rings. The highest BCUT2D eigenvalue weighted by molar-refractivity contribution is 8.00. The third kappa shape index (κ3) is 4.21. The predicted octanol–water partition coefficient (Wildman–Crippen LogP) is 4.03. The number of nitrogens with one attached hydrogen (secondary N) is 2. The van der Waals surface area contributed by atoms with Crippen LogP contribution < -0.4 is 10.9 Å². The quantitative estimate of drug-likeness (QED) is 0.368. The molecule has 0 atom stereocenters. The van der Waals surface area contributed by atoms with Crippen molar-refractivity contribution in [2.75, 3.05) is 5.32 Å². The van der Waals surface area contributed by atoms with Gasteiger partial charge in [-0.15, -0.1) is 10.2 Å². The zero-order valence-electron chi connectivity index (χ0n) is 14.4. The lowest BCUT2D eigenvalue weighted by Gasteiger charge is -2.02. The van der Waals surface area contributed by atoms with E-state index in [-0.39, 0.29) is 5.56 Å². The molecule has 1 aromatic carbocycles. The average molecular weight is 410 g/mol. The number of furan rings is 1. The van der Waals surface area contributed by atoms with Crippen LogP contribution >= 0.6 is 23.1 Å². The van der Waals surface area contributed by atoms with Gasteiger partial charge in [0.2, 0.25) is 5.13 Å². The molecule has 9 heteroatoms. The first-order valence-corrected chi connectivity index (χ1v) is 10.1. The molecule has 4 rings (SSSR count). The fourth-order valence-electron chi connectivity index (χ4n) is 2.43. The van der Waals surface area contributed by atoms with Crippen molar-refractivity contribution in [3.8, 4) is 11.5 Å². The molecule has 0 bridgehead atoms. The Kier molecular flexibility index (Phi) is 5.36. The summed E-state index contributed by atoms with van der Waals surface area (Å²) in [5.74, 6) is 0.744. The smallest absolute Gasteiger partial charge is 0.263 e. The van der Waals surface area contributed by atoms with Crippen LogP contribution in [0.25, 0.3) is 11.5 Å². The third-order valence-corrected chi connectivity index (χ3v) is 5.82. The first-order chi connectivity index (χ1) is 13.7. The van der Waals surface area contributed by atoms with Crippen LogP contribution in [0, 0.1) is 0 Å². The number of anilines is 1. The van der Waals surface area contributed by atoms with Crippen LogP contribution in [0.5, 0.6) is 0 Å². The number of benzene rings is 1. The Bertz CT molecular complexity index is 1140. The lowest BCUT2D eigenvalue weighted by atomic mass is 10.2. The van der Waals surface area contributed by atoms with Crippen molar-refractivity contribution in [1.82, 2.24) is 15.2 Å². The molecule has 4 aromatic rings. The monoisotopic (exact) mass is 410 g/mol. The van der Waals surface area contributed by atoms with Gasteiger partial charge < -0.3 is 9.40 Å². The highest BCUT2D eigenvalue weighted by Crippen LogP contribution is 2.28. The summed E-state index contributed by atoms with van der Waals surface area (Å²) in [6.07, 6.45) is 1.51.